The fourth-order valence-corrected chi connectivity index (χ4v) is 2.68. The number of hydrogen-bond acceptors (Lipinski definition) is 7. The lowest BCUT2D eigenvalue weighted by molar-refractivity contribution is -0.388. The molecule has 0 amide bonds. The van der Waals surface area contributed by atoms with E-state index in [4.69, 9.17) is 0 Å². The molecule has 1 aromatic heterocycles. The van der Waals surface area contributed by atoms with E-state index in [0.29, 0.717) is 5.69 Å². The normalized spacial score (nSPS) is 11.1. The van der Waals surface area contributed by atoms with Gasteiger partial charge in [0.15, 0.2) is 0 Å². The molecule has 0 saturated heterocycles. The zero-order valence-corrected chi connectivity index (χ0v) is 11.1. The summed E-state index contributed by atoms with van der Waals surface area (Å²) in [6, 6.07) is 2.42. The van der Waals surface area contributed by atoms with E-state index in [2.05, 4.69) is 9.72 Å². The second-order valence-corrected chi connectivity index (χ2v) is 5.70. The second-order valence-electron chi connectivity index (χ2n) is 3.68. The van der Waals surface area contributed by atoms with Crippen LogP contribution in [0, 0.1) is 17.0 Å². The number of nitrogens with zero attached hydrogens (tertiary/aromatic N) is 2. The molecule has 0 saturated carbocycles. The second kappa shape index (κ2) is 5.74. The minimum atomic E-state index is -4.02. The van der Waals surface area contributed by atoms with Gasteiger partial charge in [-0.15, -0.1) is 0 Å². The van der Waals surface area contributed by atoms with Gasteiger partial charge in [0.2, 0.25) is 14.9 Å². The molecule has 0 bridgehead atoms. The van der Waals surface area contributed by atoms with Gasteiger partial charge in [-0.3, -0.25) is 14.9 Å². The Kier molecular flexibility index (Phi) is 4.54. The van der Waals surface area contributed by atoms with Crippen molar-refractivity contribution in [3.05, 3.63) is 27.9 Å². The first-order valence-corrected chi connectivity index (χ1v) is 6.85. The number of rotatable bonds is 5. The van der Waals surface area contributed by atoms with Crippen LogP contribution in [0.1, 0.15) is 12.1 Å². The zero-order chi connectivity index (χ0) is 14.6. The molecule has 1 heterocycles. The van der Waals surface area contributed by atoms with Crippen molar-refractivity contribution in [1.82, 2.24) is 4.98 Å². The number of aryl methyl sites for hydroxylation is 1. The van der Waals surface area contributed by atoms with E-state index in [0.717, 1.165) is 13.2 Å². The number of hydrogen-bond donors (Lipinski definition) is 0. The van der Waals surface area contributed by atoms with Crippen LogP contribution in [-0.2, 0) is 19.4 Å². The van der Waals surface area contributed by atoms with Crippen molar-refractivity contribution >= 4 is 21.5 Å². The molecule has 0 aliphatic heterocycles. The van der Waals surface area contributed by atoms with Gasteiger partial charge in [0.05, 0.1) is 24.2 Å². The van der Waals surface area contributed by atoms with Crippen LogP contribution in [0.4, 0.5) is 5.69 Å². The Hall–Kier alpha value is -2.03. The maximum absolute atomic E-state index is 12.0. The minimum Gasteiger partial charge on any atom is -0.469 e. The Bertz CT molecular complexity index is 610. The first-order valence-electron chi connectivity index (χ1n) is 5.19. The highest BCUT2D eigenvalue weighted by Gasteiger charge is 2.28. The number of sulfone groups is 1. The van der Waals surface area contributed by atoms with Crippen molar-refractivity contribution in [3.8, 4) is 0 Å². The summed E-state index contributed by atoms with van der Waals surface area (Å²) in [5.41, 5.74) is -0.266. The van der Waals surface area contributed by atoms with E-state index >= 15 is 0 Å². The molecule has 0 aliphatic carbocycles. The van der Waals surface area contributed by atoms with Crippen LogP contribution in [0.25, 0.3) is 0 Å². The topological polar surface area (TPSA) is 116 Å². The van der Waals surface area contributed by atoms with Gasteiger partial charge in [-0.05, 0) is 13.0 Å². The largest absolute Gasteiger partial charge is 0.469 e. The lowest BCUT2D eigenvalue weighted by Crippen LogP contribution is -2.15. The number of esters is 1. The summed E-state index contributed by atoms with van der Waals surface area (Å²) < 4.78 is 28.2. The highest BCUT2D eigenvalue weighted by Crippen LogP contribution is 2.23. The molecule has 9 heteroatoms. The molecule has 104 valence electrons. The van der Waals surface area contributed by atoms with Crippen molar-refractivity contribution in [3.63, 3.8) is 0 Å². The van der Waals surface area contributed by atoms with Crippen LogP contribution in [0.15, 0.2) is 17.2 Å². The summed E-state index contributed by atoms with van der Waals surface area (Å²) in [5, 5.41) is 10.2. The number of aromatic nitrogens is 1. The average molecular weight is 288 g/mol. The van der Waals surface area contributed by atoms with E-state index < -0.39 is 37.2 Å². The van der Waals surface area contributed by atoms with Gasteiger partial charge in [-0.2, -0.15) is 0 Å². The smallest absolute Gasteiger partial charge is 0.306 e. The predicted molar refractivity (Wildman–Crippen MR) is 64.3 cm³/mol. The van der Waals surface area contributed by atoms with Gasteiger partial charge in [0.25, 0.3) is 0 Å². The first kappa shape index (κ1) is 15.0. The average Bonchev–Trinajstić information content (AvgIpc) is 2.35. The summed E-state index contributed by atoms with van der Waals surface area (Å²) >= 11 is 0. The Labute approximate surface area is 109 Å². The van der Waals surface area contributed by atoms with Gasteiger partial charge in [-0.25, -0.2) is 13.4 Å². The van der Waals surface area contributed by atoms with Crippen molar-refractivity contribution < 1.29 is 22.9 Å². The van der Waals surface area contributed by atoms with Crippen LogP contribution in [0.3, 0.4) is 0 Å². The molecule has 8 nitrogen and oxygen atoms in total. The third-order valence-corrected chi connectivity index (χ3v) is 3.90. The molecule has 0 aromatic carbocycles. The third kappa shape index (κ3) is 3.71. The predicted octanol–water partition coefficient (Wildman–Crippen LogP) is 0.635. The van der Waals surface area contributed by atoms with Crippen LogP contribution in [-0.4, -0.2) is 37.2 Å². The molecule has 0 N–H and O–H groups in total. The van der Waals surface area contributed by atoms with Gasteiger partial charge in [0.1, 0.15) is 0 Å². The van der Waals surface area contributed by atoms with Crippen LogP contribution in [0.5, 0.6) is 0 Å². The number of carbonyl (C=O) groups is 1. The van der Waals surface area contributed by atoms with Gasteiger partial charge in [-0.1, -0.05) is 0 Å². The molecule has 1 rings (SSSR count). The zero-order valence-electron chi connectivity index (χ0n) is 10.3. The molecular weight excluding hydrogens is 276 g/mol. The van der Waals surface area contributed by atoms with Crippen LogP contribution in [0.2, 0.25) is 0 Å². The third-order valence-electron chi connectivity index (χ3n) is 2.27. The SMILES string of the molecule is COC(=O)CCS(=O)(=O)c1nc(C)ccc1[N+](=O)[O-]. The summed E-state index contributed by atoms with van der Waals surface area (Å²) in [7, 11) is -2.89. The standard InChI is InChI=1S/C10H12N2O6S/c1-7-3-4-8(12(14)15)10(11-7)19(16,17)6-5-9(13)18-2/h3-4H,5-6H2,1-2H3. The maximum atomic E-state index is 12.0. The molecule has 0 unspecified atom stereocenters. The fourth-order valence-electron chi connectivity index (χ4n) is 1.31. The summed E-state index contributed by atoms with van der Waals surface area (Å²) in [5.74, 6) is -1.30. The van der Waals surface area contributed by atoms with E-state index in [1.54, 1.807) is 0 Å². The minimum absolute atomic E-state index is 0.335. The van der Waals surface area contributed by atoms with Gasteiger partial charge < -0.3 is 4.74 Å². The number of ether oxygens (including phenoxy) is 1. The number of pyridine rings is 1. The summed E-state index contributed by atoms with van der Waals surface area (Å²) in [6.45, 7) is 1.52. The molecule has 0 radical (unpaired) electrons. The molecular formula is C10H12N2O6S. The van der Waals surface area contributed by atoms with Crippen molar-refractivity contribution in [2.24, 2.45) is 0 Å². The molecule has 0 atom stereocenters. The lowest BCUT2D eigenvalue weighted by atomic mass is 10.3. The van der Waals surface area contributed by atoms with Gasteiger partial charge in [0, 0.05) is 11.8 Å². The Balaban J connectivity index is 3.16. The van der Waals surface area contributed by atoms with Crippen molar-refractivity contribution in [2.45, 2.75) is 18.4 Å². The maximum Gasteiger partial charge on any atom is 0.306 e. The highest BCUT2D eigenvalue weighted by molar-refractivity contribution is 7.91. The van der Waals surface area contributed by atoms with E-state index in [9.17, 15) is 23.3 Å². The lowest BCUT2D eigenvalue weighted by Gasteiger charge is -2.04. The highest BCUT2D eigenvalue weighted by atomic mass is 32.2. The molecule has 19 heavy (non-hydrogen) atoms. The summed E-state index contributed by atoms with van der Waals surface area (Å²) in [6.07, 6.45) is -0.383. The Morgan fingerprint density at radius 1 is 1.47 bits per heavy atom. The molecule has 0 aliphatic rings. The number of methoxy groups -OCH3 is 1. The van der Waals surface area contributed by atoms with Crippen LogP contribution < -0.4 is 0 Å². The Morgan fingerprint density at radius 2 is 2.11 bits per heavy atom. The fraction of sp³-hybridized carbons (Fsp3) is 0.400. The van der Waals surface area contributed by atoms with E-state index in [1.807, 2.05) is 0 Å². The van der Waals surface area contributed by atoms with E-state index in [1.165, 1.54) is 13.0 Å². The molecule has 0 spiro atoms. The number of carbonyl (C=O) groups excluding carboxylic acids is 1. The Morgan fingerprint density at radius 3 is 2.63 bits per heavy atom. The van der Waals surface area contributed by atoms with E-state index in [-0.39, 0.29) is 6.42 Å². The quantitative estimate of drug-likeness (QED) is 0.443. The molecule has 1 aromatic rings. The van der Waals surface area contributed by atoms with Crippen LogP contribution >= 0.6 is 0 Å². The first-order chi connectivity index (χ1) is 8.77. The number of nitro groups is 1. The molecule has 0 fully saturated rings. The van der Waals surface area contributed by atoms with Crippen molar-refractivity contribution in [1.29, 1.82) is 0 Å². The summed E-state index contributed by atoms with van der Waals surface area (Å²) in [4.78, 5) is 24.6. The van der Waals surface area contributed by atoms with Gasteiger partial charge >= 0.3 is 11.7 Å². The monoisotopic (exact) mass is 288 g/mol. The van der Waals surface area contributed by atoms with Crippen molar-refractivity contribution in [2.75, 3.05) is 12.9 Å².